The smallest absolute Gasteiger partial charge is 0.260 e. The van der Waals surface area contributed by atoms with Gasteiger partial charge in [0.15, 0.2) is 12.4 Å². The molecule has 2 aliphatic heterocycles. The fourth-order valence-electron chi connectivity index (χ4n) is 3.97. The lowest BCUT2D eigenvalue weighted by Crippen LogP contribution is -2.50. The molecule has 0 spiro atoms. The molecule has 2 saturated heterocycles. The van der Waals surface area contributed by atoms with Gasteiger partial charge >= 0.3 is 0 Å². The molecule has 4 unspecified atom stereocenters. The number of hydrogen-bond donors (Lipinski definition) is 0. The Morgan fingerprint density at radius 1 is 1.30 bits per heavy atom. The van der Waals surface area contributed by atoms with Gasteiger partial charge < -0.3 is 19.1 Å². The van der Waals surface area contributed by atoms with Crippen LogP contribution in [-0.4, -0.2) is 48.0 Å². The number of nitrogens with zero attached hydrogens (tertiary/aromatic N) is 1. The molecule has 4 atom stereocenters. The summed E-state index contributed by atoms with van der Waals surface area (Å²) in [4.78, 5) is 14.4. The maximum Gasteiger partial charge on any atom is 0.260 e. The molecule has 1 aromatic carbocycles. The molecule has 124 valence electrons. The SMILES string of the molecule is CC1(C)OC2C3CC(C2O1)N(C(=O)COc1ccc(Cl)cc1)C3. The summed E-state index contributed by atoms with van der Waals surface area (Å²) < 4.78 is 17.5. The number of carbonyl (C=O) groups excluding carboxylic acids is 1. The van der Waals surface area contributed by atoms with Crippen molar-refractivity contribution in [3.8, 4) is 5.75 Å². The Morgan fingerprint density at radius 2 is 2.00 bits per heavy atom. The highest BCUT2D eigenvalue weighted by atomic mass is 35.5. The molecule has 1 aliphatic carbocycles. The van der Waals surface area contributed by atoms with Crippen molar-refractivity contribution < 1.29 is 19.0 Å². The van der Waals surface area contributed by atoms with E-state index in [1.54, 1.807) is 24.3 Å². The van der Waals surface area contributed by atoms with Gasteiger partial charge in [-0.15, -0.1) is 0 Å². The van der Waals surface area contributed by atoms with Crippen LogP contribution in [0.4, 0.5) is 0 Å². The molecule has 4 rings (SSSR count). The molecule has 1 saturated carbocycles. The van der Waals surface area contributed by atoms with Gasteiger partial charge in [0, 0.05) is 17.5 Å². The Bertz CT molecular complexity index is 618. The number of piperidine rings is 1. The first kappa shape index (κ1) is 15.2. The third-order valence-corrected chi connectivity index (χ3v) is 5.13. The van der Waals surface area contributed by atoms with Crippen molar-refractivity contribution in [3.05, 3.63) is 29.3 Å². The number of ether oxygens (including phenoxy) is 3. The first-order chi connectivity index (χ1) is 10.9. The van der Waals surface area contributed by atoms with Gasteiger partial charge in [-0.25, -0.2) is 0 Å². The summed E-state index contributed by atoms with van der Waals surface area (Å²) in [5.74, 6) is 0.461. The molecule has 5 nitrogen and oxygen atoms in total. The van der Waals surface area contributed by atoms with E-state index in [-0.39, 0.29) is 30.8 Å². The number of amides is 1. The quantitative estimate of drug-likeness (QED) is 0.850. The zero-order valence-electron chi connectivity index (χ0n) is 13.2. The van der Waals surface area contributed by atoms with Crippen molar-refractivity contribution in [1.82, 2.24) is 4.90 Å². The first-order valence-electron chi connectivity index (χ1n) is 7.96. The third kappa shape index (κ3) is 2.71. The molecule has 1 aromatic rings. The highest BCUT2D eigenvalue weighted by Crippen LogP contribution is 2.48. The van der Waals surface area contributed by atoms with Gasteiger partial charge in [-0.3, -0.25) is 4.79 Å². The van der Waals surface area contributed by atoms with Gasteiger partial charge in [0.2, 0.25) is 0 Å². The van der Waals surface area contributed by atoms with Crippen LogP contribution in [0.3, 0.4) is 0 Å². The van der Waals surface area contributed by atoms with E-state index in [1.165, 1.54) is 0 Å². The monoisotopic (exact) mass is 337 g/mol. The molecule has 0 N–H and O–H groups in total. The second-order valence-corrected chi connectivity index (χ2v) is 7.35. The molecule has 0 radical (unpaired) electrons. The Hall–Kier alpha value is -1.30. The summed E-state index contributed by atoms with van der Waals surface area (Å²) in [5, 5.41) is 0.646. The van der Waals surface area contributed by atoms with Crippen LogP contribution in [-0.2, 0) is 14.3 Å². The third-order valence-electron chi connectivity index (χ3n) is 4.88. The summed E-state index contributed by atoms with van der Waals surface area (Å²) in [6, 6.07) is 7.12. The van der Waals surface area contributed by atoms with E-state index >= 15 is 0 Å². The fourth-order valence-corrected chi connectivity index (χ4v) is 4.10. The van der Waals surface area contributed by atoms with E-state index in [0.717, 1.165) is 13.0 Å². The van der Waals surface area contributed by atoms with Crippen LogP contribution in [0.25, 0.3) is 0 Å². The average molecular weight is 338 g/mol. The zero-order chi connectivity index (χ0) is 16.2. The van der Waals surface area contributed by atoms with Crippen molar-refractivity contribution in [2.75, 3.05) is 13.2 Å². The lowest BCUT2D eigenvalue weighted by molar-refractivity contribution is -0.157. The van der Waals surface area contributed by atoms with Crippen LogP contribution in [0, 0.1) is 5.92 Å². The summed E-state index contributed by atoms with van der Waals surface area (Å²) in [6.45, 7) is 4.63. The summed E-state index contributed by atoms with van der Waals surface area (Å²) in [7, 11) is 0. The molecular weight excluding hydrogens is 318 g/mol. The Labute approximate surface area is 140 Å². The van der Waals surface area contributed by atoms with Crippen LogP contribution in [0.15, 0.2) is 24.3 Å². The second-order valence-electron chi connectivity index (χ2n) is 6.92. The minimum atomic E-state index is -0.550. The van der Waals surface area contributed by atoms with Crippen LogP contribution in [0.5, 0.6) is 5.75 Å². The summed E-state index contributed by atoms with van der Waals surface area (Å²) in [6.07, 6.45) is 1.07. The molecule has 1 amide bonds. The summed E-state index contributed by atoms with van der Waals surface area (Å²) in [5.41, 5.74) is 0. The maximum atomic E-state index is 12.5. The number of carbonyl (C=O) groups is 1. The van der Waals surface area contributed by atoms with Crippen LogP contribution < -0.4 is 4.74 Å². The Morgan fingerprint density at radius 3 is 2.74 bits per heavy atom. The molecule has 3 aliphatic rings. The first-order valence-corrected chi connectivity index (χ1v) is 8.34. The van der Waals surface area contributed by atoms with Gasteiger partial charge in [-0.05, 0) is 44.5 Å². The normalized spacial score (nSPS) is 33.8. The highest BCUT2D eigenvalue weighted by molar-refractivity contribution is 6.30. The Balaban J connectivity index is 1.38. The molecule has 2 heterocycles. The topological polar surface area (TPSA) is 48.0 Å². The van der Waals surface area contributed by atoms with Crippen LogP contribution in [0.1, 0.15) is 20.3 Å². The minimum Gasteiger partial charge on any atom is -0.484 e. The number of likely N-dealkylation sites (tertiary alicyclic amines) is 1. The van der Waals surface area contributed by atoms with Gasteiger partial charge in [-0.2, -0.15) is 0 Å². The summed E-state index contributed by atoms with van der Waals surface area (Å²) >= 11 is 5.84. The maximum absolute atomic E-state index is 12.5. The van der Waals surface area contributed by atoms with Crippen molar-refractivity contribution in [1.29, 1.82) is 0 Å². The van der Waals surface area contributed by atoms with E-state index in [1.807, 2.05) is 18.7 Å². The van der Waals surface area contributed by atoms with Crippen LogP contribution in [0.2, 0.25) is 5.02 Å². The standard InChI is InChI=1S/C17H20ClNO4/c1-17(2)22-15-10-7-13(16(15)23-17)19(8-10)14(20)9-21-12-5-3-11(18)4-6-12/h3-6,10,13,15-16H,7-9H2,1-2H3. The lowest BCUT2D eigenvalue weighted by Gasteiger charge is -2.32. The zero-order valence-corrected chi connectivity index (χ0v) is 14.0. The van der Waals surface area contributed by atoms with Crippen molar-refractivity contribution in [3.63, 3.8) is 0 Å². The molecule has 2 bridgehead atoms. The number of halogens is 1. The van der Waals surface area contributed by atoms with Crippen molar-refractivity contribution in [2.45, 2.75) is 44.3 Å². The van der Waals surface area contributed by atoms with E-state index in [0.29, 0.717) is 16.7 Å². The van der Waals surface area contributed by atoms with Crippen molar-refractivity contribution in [2.24, 2.45) is 5.92 Å². The van der Waals surface area contributed by atoms with E-state index in [4.69, 9.17) is 25.8 Å². The molecular formula is C17H20ClNO4. The average Bonchev–Trinajstić information content (AvgIpc) is 3.14. The highest BCUT2D eigenvalue weighted by Gasteiger charge is 2.60. The molecule has 6 heteroatoms. The molecule has 3 fully saturated rings. The lowest BCUT2D eigenvalue weighted by atomic mass is 10.0. The predicted octanol–water partition coefficient (Wildman–Crippen LogP) is 2.47. The molecule has 23 heavy (non-hydrogen) atoms. The number of hydrogen-bond acceptors (Lipinski definition) is 4. The number of fused-ring (bicyclic) bond motifs is 5. The van der Waals surface area contributed by atoms with Gasteiger partial charge in [-0.1, -0.05) is 11.6 Å². The van der Waals surface area contributed by atoms with E-state index in [2.05, 4.69) is 0 Å². The number of benzene rings is 1. The fraction of sp³-hybridized carbons (Fsp3) is 0.588. The van der Waals surface area contributed by atoms with E-state index in [9.17, 15) is 4.79 Å². The minimum absolute atomic E-state index is 0.000735. The van der Waals surface area contributed by atoms with E-state index < -0.39 is 5.79 Å². The van der Waals surface area contributed by atoms with Gasteiger partial charge in [0.1, 0.15) is 11.9 Å². The van der Waals surface area contributed by atoms with Crippen LogP contribution >= 0.6 is 11.6 Å². The number of rotatable bonds is 3. The Kier molecular flexibility index (Phi) is 3.55. The predicted molar refractivity (Wildman–Crippen MR) is 84.4 cm³/mol. The largest absolute Gasteiger partial charge is 0.484 e. The second kappa shape index (κ2) is 5.36. The van der Waals surface area contributed by atoms with Gasteiger partial charge in [0.25, 0.3) is 5.91 Å². The van der Waals surface area contributed by atoms with Crippen molar-refractivity contribution >= 4 is 17.5 Å². The molecule has 0 aromatic heterocycles. The van der Waals surface area contributed by atoms with Gasteiger partial charge in [0.05, 0.1) is 12.1 Å².